The van der Waals surface area contributed by atoms with Crippen molar-refractivity contribution in [3.63, 3.8) is 0 Å². The highest BCUT2D eigenvalue weighted by Crippen LogP contribution is 2.04. The van der Waals surface area contributed by atoms with Crippen LogP contribution < -0.4 is 0 Å². The summed E-state index contributed by atoms with van der Waals surface area (Å²) in [6, 6.07) is 0. The monoisotopic (exact) mass is 172 g/mol. The molecular formula is C5H7Cl3. The molecule has 0 heterocycles. The smallest absolute Gasteiger partial charge is 0.0578 e. The summed E-state index contributed by atoms with van der Waals surface area (Å²) in [7, 11) is 0. The van der Waals surface area contributed by atoms with Gasteiger partial charge in [0.25, 0.3) is 0 Å². The van der Waals surface area contributed by atoms with Gasteiger partial charge in [-0.05, 0) is 6.42 Å². The molecule has 0 amide bonds. The molecule has 0 spiro atoms. The van der Waals surface area contributed by atoms with Crippen LogP contribution in [0.5, 0.6) is 0 Å². The van der Waals surface area contributed by atoms with Crippen LogP contribution in [0.2, 0.25) is 0 Å². The van der Waals surface area contributed by atoms with Crippen molar-refractivity contribution in [3.05, 3.63) is 11.1 Å². The Hall–Kier alpha value is 0.610. The molecule has 0 atom stereocenters. The lowest BCUT2D eigenvalue weighted by molar-refractivity contribution is 1.22. The molecule has 3 heteroatoms. The number of hydrogen-bond donors (Lipinski definition) is 0. The molecule has 0 aromatic carbocycles. The van der Waals surface area contributed by atoms with E-state index in [1.54, 1.807) is 0 Å². The van der Waals surface area contributed by atoms with Crippen molar-refractivity contribution in [1.82, 2.24) is 0 Å². The van der Waals surface area contributed by atoms with Gasteiger partial charge in [0.2, 0.25) is 0 Å². The first-order valence-electron chi connectivity index (χ1n) is 2.27. The van der Waals surface area contributed by atoms with Crippen molar-refractivity contribution < 1.29 is 0 Å². The Morgan fingerprint density at radius 1 is 1.38 bits per heavy atom. The SMILES string of the molecule is ClCCC=C(Cl)CCl. The van der Waals surface area contributed by atoms with Crippen LogP contribution in [0.15, 0.2) is 11.1 Å². The van der Waals surface area contributed by atoms with E-state index in [1.165, 1.54) is 0 Å². The number of halogens is 3. The van der Waals surface area contributed by atoms with Crippen LogP contribution in [0, 0.1) is 0 Å². The third kappa shape index (κ3) is 4.76. The van der Waals surface area contributed by atoms with E-state index in [0.29, 0.717) is 16.8 Å². The Labute approximate surface area is 64.4 Å². The molecule has 0 aliphatic heterocycles. The minimum Gasteiger partial charge on any atom is -0.126 e. The van der Waals surface area contributed by atoms with E-state index in [0.717, 1.165) is 6.42 Å². The lowest BCUT2D eigenvalue weighted by Gasteiger charge is -1.86. The maximum absolute atomic E-state index is 5.51. The van der Waals surface area contributed by atoms with Gasteiger partial charge in [-0.1, -0.05) is 17.7 Å². The molecule has 0 nitrogen and oxygen atoms in total. The highest BCUT2D eigenvalue weighted by molar-refractivity contribution is 6.35. The van der Waals surface area contributed by atoms with E-state index in [-0.39, 0.29) is 0 Å². The van der Waals surface area contributed by atoms with Crippen LogP contribution >= 0.6 is 34.8 Å². The standard InChI is InChI=1S/C5H7Cl3/c6-3-1-2-5(8)4-7/h2H,1,3-4H2. The molecule has 0 N–H and O–H groups in total. The summed E-state index contributed by atoms with van der Waals surface area (Å²) < 4.78 is 0. The van der Waals surface area contributed by atoms with Crippen LogP contribution in [-0.2, 0) is 0 Å². The minimum absolute atomic E-state index is 0.387. The van der Waals surface area contributed by atoms with Crippen LogP contribution in [-0.4, -0.2) is 11.8 Å². The Morgan fingerprint density at radius 2 is 2.00 bits per heavy atom. The van der Waals surface area contributed by atoms with E-state index in [1.807, 2.05) is 6.08 Å². The van der Waals surface area contributed by atoms with Crippen molar-refractivity contribution in [2.75, 3.05) is 11.8 Å². The first kappa shape index (κ1) is 8.61. The van der Waals surface area contributed by atoms with Gasteiger partial charge in [0.05, 0.1) is 5.88 Å². The largest absolute Gasteiger partial charge is 0.126 e. The van der Waals surface area contributed by atoms with E-state index < -0.39 is 0 Å². The van der Waals surface area contributed by atoms with Gasteiger partial charge in [0.15, 0.2) is 0 Å². The van der Waals surface area contributed by atoms with E-state index in [4.69, 9.17) is 34.8 Å². The summed E-state index contributed by atoms with van der Waals surface area (Å²) in [5.74, 6) is 0.992. The summed E-state index contributed by atoms with van der Waals surface area (Å²) in [5, 5.41) is 0.673. The fourth-order valence-corrected chi connectivity index (χ4v) is 0.593. The molecule has 0 rings (SSSR count). The molecule has 0 aliphatic rings. The number of rotatable bonds is 3. The van der Waals surface area contributed by atoms with Gasteiger partial charge in [-0.25, -0.2) is 0 Å². The minimum atomic E-state index is 0.387. The highest BCUT2D eigenvalue weighted by atomic mass is 35.5. The Balaban J connectivity index is 3.26. The fourth-order valence-electron chi connectivity index (χ4n) is 0.266. The molecule has 8 heavy (non-hydrogen) atoms. The van der Waals surface area contributed by atoms with Crippen molar-refractivity contribution >= 4 is 34.8 Å². The van der Waals surface area contributed by atoms with Gasteiger partial charge in [-0.2, -0.15) is 0 Å². The normalized spacial score (nSPS) is 12.1. The second kappa shape index (κ2) is 5.74. The topological polar surface area (TPSA) is 0 Å². The van der Waals surface area contributed by atoms with Crippen molar-refractivity contribution in [1.29, 1.82) is 0 Å². The van der Waals surface area contributed by atoms with Crippen molar-refractivity contribution in [2.45, 2.75) is 6.42 Å². The molecule has 0 saturated carbocycles. The van der Waals surface area contributed by atoms with Gasteiger partial charge in [0.1, 0.15) is 0 Å². The number of allylic oxidation sites excluding steroid dienone is 2. The van der Waals surface area contributed by atoms with Gasteiger partial charge in [-0.3, -0.25) is 0 Å². The maximum atomic E-state index is 5.51. The molecule has 0 aliphatic carbocycles. The first-order valence-corrected chi connectivity index (χ1v) is 3.72. The fraction of sp³-hybridized carbons (Fsp3) is 0.600. The van der Waals surface area contributed by atoms with Crippen molar-refractivity contribution in [2.24, 2.45) is 0 Å². The summed E-state index contributed by atoms with van der Waals surface area (Å²) in [5.41, 5.74) is 0. The maximum Gasteiger partial charge on any atom is 0.0578 e. The van der Waals surface area contributed by atoms with Gasteiger partial charge >= 0.3 is 0 Å². The Morgan fingerprint density at radius 3 is 2.38 bits per heavy atom. The summed E-state index contributed by atoms with van der Waals surface area (Å²) in [6.45, 7) is 0. The number of hydrogen-bond acceptors (Lipinski definition) is 0. The highest BCUT2D eigenvalue weighted by Gasteiger charge is 1.84. The lowest BCUT2D eigenvalue weighted by atomic mass is 10.4. The molecule has 0 saturated heterocycles. The predicted molar refractivity (Wildman–Crippen MR) is 40.0 cm³/mol. The van der Waals surface area contributed by atoms with Crippen LogP contribution in [0.25, 0.3) is 0 Å². The van der Waals surface area contributed by atoms with Crippen LogP contribution in [0.4, 0.5) is 0 Å². The predicted octanol–water partition coefficient (Wildman–Crippen LogP) is 2.98. The average molecular weight is 173 g/mol. The number of alkyl halides is 2. The van der Waals surface area contributed by atoms with E-state index in [2.05, 4.69) is 0 Å². The van der Waals surface area contributed by atoms with Gasteiger partial charge in [0, 0.05) is 10.9 Å². The third-order valence-electron chi connectivity index (χ3n) is 0.603. The quantitative estimate of drug-likeness (QED) is 0.576. The zero-order valence-corrected chi connectivity index (χ0v) is 6.60. The second-order valence-corrected chi connectivity index (χ2v) is 2.39. The first-order chi connectivity index (χ1) is 3.81. The van der Waals surface area contributed by atoms with Gasteiger partial charge < -0.3 is 0 Å². The molecule has 0 unspecified atom stereocenters. The summed E-state index contributed by atoms with van der Waals surface area (Å²) in [6.07, 6.45) is 2.62. The molecule has 0 bridgehead atoms. The molecule has 0 aromatic rings. The average Bonchev–Trinajstić information content (AvgIpc) is 1.83. The zero-order chi connectivity index (χ0) is 6.41. The van der Waals surface area contributed by atoms with Crippen molar-refractivity contribution in [3.8, 4) is 0 Å². The summed E-state index contributed by atoms with van der Waals surface area (Å²) >= 11 is 16.2. The molecular weight excluding hydrogens is 166 g/mol. The van der Waals surface area contributed by atoms with E-state index >= 15 is 0 Å². The molecule has 0 radical (unpaired) electrons. The lowest BCUT2D eigenvalue weighted by Crippen LogP contribution is -1.73. The Kier molecular flexibility index (Phi) is 6.18. The van der Waals surface area contributed by atoms with E-state index in [9.17, 15) is 0 Å². The Bertz CT molecular complexity index is 77.7. The zero-order valence-electron chi connectivity index (χ0n) is 4.33. The second-order valence-electron chi connectivity index (χ2n) is 1.26. The third-order valence-corrected chi connectivity index (χ3v) is 1.53. The molecule has 0 aromatic heterocycles. The summed E-state index contributed by atoms with van der Waals surface area (Å²) in [4.78, 5) is 0. The molecule has 0 fully saturated rings. The molecule has 48 valence electrons. The van der Waals surface area contributed by atoms with Gasteiger partial charge in [-0.15, -0.1) is 23.2 Å². The van der Waals surface area contributed by atoms with Crippen LogP contribution in [0.3, 0.4) is 0 Å². The van der Waals surface area contributed by atoms with Crippen LogP contribution in [0.1, 0.15) is 6.42 Å².